The van der Waals surface area contributed by atoms with Gasteiger partial charge in [-0.15, -0.1) is 0 Å². The minimum atomic E-state index is -0.950. The molecule has 0 spiro atoms. The van der Waals surface area contributed by atoms with Gasteiger partial charge in [-0.1, -0.05) is 5.11 Å². The van der Waals surface area contributed by atoms with Gasteiger partial charge in [-0.3, -0.25) is 4.57 Å². The van der Waals surface area contributed by atoms with E-state index in [0.29, 0.717) is 11.9 Å². The first-order chi connectivity index (χ1) is 10.7. The second-order valence-electron chi connectivity index (χ2n) is 4.65. The van der Waals surface area contributed by atoms with Gasteiger partial charge in [0, 0.05) is 11.3 Å². The highest BCUT2D eigenvalue weighted by Crippen LogP contribution is 2.33. The molecule has 10 nitrogen and oxygen atoms in total. The number of methoxy groups -OCH3 is 1. The van der Waals surface area contributed by atoms with Gasteiger partial charge in [-0.2, -0.15) is 14.4 Å². The van der Waals surface area contributed by atoms with Crippen molar-refractivity contribution in [3.63, 3.8) is 0 Å². The van der Waals surface area contributed by atoms with E-state index >= 15 is 0 Å². The molecule has 0 radical (unpaired) electrons. The number of rotatable bonds is 4. The molecule has 1 fully saturated rings. The minimum absolute atomic E-state index is 0.0181. The third kappa shape index (κ3) is 2.30. The monoisotopic (exact) mass is 309 g/mol. The Bertz CT molecular complexity index is 745. The van der Waals surface area contributed by atoms with Crippen LogP contribution < -0.4 is 4.74 Å². The first-order valence-electron chi connectivity index (χ1n) is 6.42. The summed E-state index contributed by atoms with van der Waals surface area (Å²) in [5, 5.41) is 12.9. The maximum Gasteiger partial charge on any atom is 0.314 e. The van der Waals surface area contributed by atoms with Gasteiger partial charge in [0.05, 0.1) is 32.2 Å². The molecular weight excluding hydrogens is 297 g/mol. The van der Waals surface area contributed by atoms with Crippen LogP contribution in [0.15, 0.2) is 11.4 Å². The average Bonchev–Trinajstić information content (AvgIpc) is 3.10. The van der Waals surface area contributed by atoms with Gasteiger partial charge < -0.3 is 14.6 Å². The predicted molar refractivity (Wildman–Crippen MR) is 70.4 cm³/mol. The summed E-state index contributed by atoms with van der Waals surface area (Å²) in [6.07, 6.45) is -0.439. The largest absolute Gasteiger partial charge is 0.479 e. The van der Waals surface area contributed by atoms with E-state index in [-0.39, 0.29) is 18.1 Å². The number of aromatic nitrogens is 4. The number of fused-ring (bicyclic) bond motifs is 1. The standard InChI is InChI=1S/C11H12FN7O3/c1-21-10-8-9(15-11(12)16-10)19(4-14-8)7-2-5(17-18-13)6(3-20)22-7/h4-7,20H,2-3H2,1H3/t5?,6-,7-/m1/s1. The molecule has 0 aromatic carbocycles. The van der Waals surface area contributed by atoms with Gasteiger partial charge in [0.1, 0.15) is 6.23 Å². The number of azide groups is 1. The first-order valence-corrected chi connectivity index (χ1v) is 6.42. The third-order valence-corrected chi connectivity index (χ3v) is 3.45. The zero-order valence-electron chi connectivity index (χ0n) is 11.5. The topological polar surface area (TPSA) is 131 Å². The van der Waals surface area contributed by atoms with Gasteiger partial charge in [0.2, 0.25) is 5.88 Å². The van der Waals surface area contributed by atoms with Crippen LogP contribution in [0.5, 0.6) is 5.88 Å². The summed E-state index contributed by atoms with van der Waals surface area (Å²) in [7, 11) is 1.35. The highest BCUT2D eigenvalue weighted by Gasteiger charge is 2.36. The van der Waals surface area contributed by atoms with Crippen LogP contribution in [-0.4, -0.2) is 50.5 Å². The number of hydrogen-bond acceptors (Lipinski definition) is 7. The van der Waals surface area contributed by atoms with Crippen LogP contribution in [0.2, 0.25) is 0 Å². The van der Waals surface area contributed by atoms with Gasteiger partial charge in [0.25, 0.3) is 0 Å². The normalized spacial score (nSPS) is 24.4. The predicted octanol–water partition coefficient (Wildman–Crippen LogP) is 0.933. The molecule has 1 unspecified atom stereocenters. The lowest BCUT2D eigenvalue weighted by Gasteiger charge is -2.13. The molecule has 11 heteroatoms. The van der Waals surface area contributed by atoms with Crippen molar-refractivity contribution < 1.29 is 19.0 Å². The van der Waals surface area contributed by atoms with Gasteiger partial charge in [-0.25, -0.2) is 4.98 Å². The Balaban J connectivity index is 2.01. The summed E-state index contributed by atoms with van der Waals surface area (Å²) >= 11 is 0. The van der Waals surface area contributed by atoms with Gasteiger partial charge in [-0.05, 0) is 5.53 Å². The molecule has 1 aliphatic rings. The number of ether oxygens (including phenoxy) is 2. The van der Waals surface area contributed by atoms with Crippen molar-refractivity contribution in [2.24, 2.45) is 5.11 Å². The Morgan fingerprint density at radius 2 is 2.45 bits per heavy atom. The van der Waals surface area contributed by atoms with E-state index in [0.717, 1.165) is 0 Å². The number of aliphatic hydroxyl groups excluding tert-OH is 1. The highest BCUT2D eigenvalue weighted by molar-refractivity contribution is 5.76. The van der Waals surface area contributed by atoms with Crippen molar-refractivity contribution in [2.45, 2.75) is 24.8 Å². The van der Waals surface area contributed by atoms with Crippen molar-refractivity contribution in [1.29, 1.82) is 0 Å². The zero-order chi connectivity index (χ0) is 15.7. The van der Waals surface area contributed by atoms with Crippen LogP contribution in [-0.2, 0) is 4.74 Å². The molecule has 3 rings (SSSR count). The molecule has 1 N–H and O–H groups in total. The Kier molecular flexibility index (Phi) is 3.75. The number of halogens is 1. The molecule has 2 aromatic heterocycles. The summed E-state index contributed by atoms with van der Waals surface area (Å²) in [5.41, 5.74) is 9.04. The SMILES string of the molecule is COc1nc(F)nc2c1ncn2[C@H]1CC(N=[N+]=[N-])[C@@H](CO)O1. The maximum absolute atomic E-state index is 13.5. The van der Waals surface area contributed by atoms with Crippen LogP contribution in [0.4, 0.5) is 4.39 Å². The second-order valence-corrected chi connectivity index (χ2v) is 4.65. The van der Waals surface area contributed by atoms with Crippen LogP contribution >= 0.6 is 0 Å². The summed E-state index contributed by atoms with van der Waals surface area (Å²) < 4.78 is 25.6. The molecule has 22 heavy (non-hydrogen) atoms. The van der Waals surface area contributed by atoms with E-state index in [1.54, 1.807) is 0 Å². The van der Waals surface area contributed by atoms with Gasteiger partial charge in [0.15, 0.2) is 11.2 Å². The molecule has 0 saturated carbocycles. The molecule has 3 atom stereocenters. The fraction of sp³-hybridized carbons (Fsp3) is 0.545. The maximum atomic E-state index is 13.5. The molecule has 0 amide bonds. The van der Waals surface area contributed by atoms with E-state index in [9.17, 15) is 9.50 Å². The minimum Gasteiger partial charge on any atom is -0.479 e. The fourth-order valence-electron chi connectivity index (χ4n) is 2.46. The molecule has 0 bridgehead atoms. The van der Waals surface area contributed by atoms with Crippen LogP contribution in [0.1, 0.15) is 12.6 Å². The summed E-state index contributed by atoms with van der Waals surface area (Å²) in [6, 6.07) is -0.522. The Morgan fingerprint density at radius 3 is 3.14 bits per heavy atom. The first kappa shape index (κ1) is 14.4. The lowest BCUT2D eigenvalue weighted by Crippen LogP contribution is -2.22. The number of nitrogens with zero attached hydrogens (tertiary/aromatic N) is 7. The fourth-order valence-corrected chi connectivity index (χ4v) is 2.46. The number of aliphatic hydroxyl groups is 1. The van der Waals surface area contributed by atoms with Crippen molar-refractivity contribution in [3.8, 4) is 5.88 Å². The van der Waals surface area contributed by atoms with Crippen LogP contribution in [0, 0.1) is 6.08 Å². The lowest BCUT2D eigenvalue weighted by atomic mass is 10.1. The van der Waals surface area contributed by atoms with Crippen LogP contribution in [0.25, 0.3) is 21.6 Å². The average molecular weight is 309 g/mol. The van der Waals surface area contributed by atoms with Crippen molar-refractivity contribution in [1.82, 2.24) is 19.5 Å². The third-order valence-electron chi connectivity index (χ3n) is 3.45. The molecular formula is C11H12FN7O3. The molecule has 0 aliphatic carbocycles. The summed E-state index contributed by atoms with van der Waals surface area (Å²) in [5.74, 6) is 0.0181. The number of imidazole rings is 1. The van der Waals surface area contributed by atoms with Crippen molar-refractivity contribution in [3.05, 3.63) is 22.8 Å². The van der Waals surface area contributed by atoms with E-state index < -0.39 is 24.5 Å². The smallest absolute Gasteiger partial charge is 0.314 e. The lowest BCUT2D eigenvalue weighted by molar-refractivity contribution is -0.0233. The van der Waals surface area contributed by atoms with E-state index in [2.05, 4.69) is 25.0 Å². The Labute approximate surface area is 123 Å². The van der Waals surface area contributed by atoms with E-state index in [1.807, 2.05) is 0 Å². The molecule has 116 valence electrons. The quantitative estimate of drug-likeness (QED) is 0.387. The second kappa shape index (κ2) is 5.72. The van der Waals surface area contributed by atoms with E-state index in [4.69, 9.17) is 15.0 Å². The Morgan fingerprint density at radius 1 is 1.64 bits per heavy atom. The van der Waals surface area contributed by atoms with Crippen LogP contribution in [0.3, 0.4) is 0 Å². The molecule has 1 saturated heterocycles. The summed E-state index contributed by atoms with van der Waals surface area (Å²) in [6.45, 7) is -0.292. The molecule has 3 heterocycles. The number of hydrogen-bond donors (Lipinski definition) is 1. The zero-order valence-corrected chi connectivity index (χ0v) is 11.5. The summed E-state index contributed by atoms with van der Waals surface area (Å²) in [4.78, 5) is 14.1. The Hall–Kier alpha value is -2.49. The van der Waals surface area contributed by atoms with Gasteiger partial charge >= 0.3 is 6.08 Å². The highest BCUT2D eigenvalue weighted by atomic mass is 19.1. The van der Waals surface area contributed by atoms with Crippen molar-refractivity contribution >= 4 is 11.2 Å². The molecule has 1 aliphatic heterocycles. The molecule has 2 aromatic rings. The van der Waals surface area contributed by atoms with Crippen molar-refractivity contribution in [2.75, 3.05) is 13.7 Å². The van der Waals surface area contributed by atoms with E-state index in [1.165, 1.54) is 18.0 Å².